The second-order valence-electron chi connectivity index (χ2n) is 21.7. The van der Waals surface area contributed by atoms with Gasteiger partial charge in [0, 0.05) is 78.3 Å². The zero-order valence-electron chi connectivity index (χ0n) is 47.9. The molecule has 4 aliphatic rings. The van der Waals surface area contributed by atoms with Gasteiger partial charge in [0.2, 0.25) is 20.0 Å². The lowest BCUT2D eigenvalue weighted by Gasteiger charge is -2.35. The highest BCUT2D eigenvalue weighted by Gasteiger charge is 2.35. The Labute approximate surface area is 529 Å². The molecule has 4 aromatic carbocycles. The first-order chi connectivity index (χ1) is 40.7. The minimum absolute atomic E-state index is 0. The summed E-state index contributed by atoms with van der Waals surface area (Å²) in [6, 6.07) is 32.2. The van der Waals surface area contributed by atoms with Crippen LogP contribution in [0.5, 0.6) is 11.5 Å². The molecule has 20 nitrogen and oxygen atoms in total. The standard InChI is InChI=1S/C30H33ClN6O4S.C20H21Cl2N5O3S.C10H13NO.CH4.ClH/c1-20-18-37-28(32-29(20)35-15-13-23(19-35)41-22-8-4-3-5-9-22)17-26(33-37)27-10-6-7-14-36(27)30(38)24-16-21(31)11-12-25(24)34-42(2,39)40;1-12-11-27-18(23-19(12)22)10-16(24-27)17-5-3-4-8-26(17)20(28)14-9-13(21)6-7-15(14)25-31(2,29)30;1-2-4-9(5-3-1)12-10-6-7-11-8-10;;/h3-5,8-9,11-12,16-18,23,27,34H,6-7,10,13-15,19H2,1-2H3;6-7,9-11,17,25H,3-5,8H2,1-2H3;1-5,10-11H,6-8H2;1H4;1H/t23?,27-;17-;;;/m00.../s1. The first-order valence-electron chi connectivity index (χ1n) is 28.2. The topological polar surface area (TPSA) is 227 Å². The number of likely N-dealkylation sites (tertiary alicyclic amines) is 2. The third-order valence-corrected chi connectivity index (χ3v) is 17.0. The number of para-hydroxylation sites is 2. The Morgan fingerprint density at radius 2 is 1.08 bits per heavy atom. The van der Waals surface area contributed by atoms with E-state index < -0.39 is 20.0 Å². The number of carbonyl (C=O) groups excluding carboxylic acids is 2. The van der Waals surface area contributed by atoms with E-state index in [0.29, 0.717) is 51.4 Å². The molecule has 0 radical (unpaired) electrons. The summed E-state index contributed by atoms with van der Waals surface area (Å²) in [5, 5.41) is 13.8. The smallest absolute Gasteiger partial charge is 0.256 e. The van der Waals surface area contributed by atoms with E-state index >= 15 is 0 Å². The molecule has 0 saturated carbocycles. The van der Waals surface area contributed by atoms with Crippen LogP contribution in [0.4, 0.5) is 17.2 Å². The molecule has 0 spiro atoms. The van der Waals surface area contributed by atoms with Gasteiger partial charge in [0.1, 0.15) is 34.7 Å². The highest BCUT2D eigenvalue weighted by Crippen LogP contribution is 2.37. The summed E-state index contributed by atoms with van der Waals surface area (Å²) < 4.78 is 67.7. The summed E-state index contributed by atoms with van der Waals surface area (Å²) in [4.78, 5) is 42.5. The van der Waals surface area contributed by atoms with Gasteiger partial charge >= 0.3 is 0 Å². The summed E-state index contributed by atoms with van der Waals surface area (Å²) in [5.41, 5.74) is 5.38. The predicted molar refractivity (Wildman–Crippen MR) is 346 cm³/mol. The number of nitrogens with zero attached hydrogens (tertiary/aromatic N) is 9. The SMILES string of the molecule is C.Cc1cn2nc([C@@H]3CCCCN3C(=O)c3cc(Cl)ccc3NS(C)(=O)=O)cc2nc1Cl.Cc1cn2nc([C@@H]3CCCCN3C(=O)c3cc(Cl)ccc3NS(C)(=O)=O)cc2nc1N1CCC(Oc2ccccc2)C1.Cl.c1ccc(OC2CCNC2)cc1. The van der Waals surface area contributed by atoms with E-state index in [4.69, 9.17) is 54.4 Å². The Kier molecular flexibility index (Phi) is 22.0. The van der Waals surface area contributed by atoms with E-state index in [9.17, 15) is 26.4 Å². The van der Waals surface area contributed by atoms with Crippen LogP contribution in [0.2, 0.25) is 15.2 Å². The number of anilines is 3. The summed E-state index contributed by atoms with van der Waals surface area (Å²) >= 11 is 18.5. The van der Waals surface area contributed by atoms with Crippen molar-refractivity contribution in [1.29, 1.82) is 0 Å². The van der Waals surface area contributed by atoms with Crippen molar-refractivity contribution < 1.29 is 35.9 Å². The minimum Gasteiger partial charge on any atom is -0.489 e. The summed E-state index contributed by atoms with van der Waals surface area (Å²) in [6.45, 7) is 8.58. The van der Waals surface area contributed by atoms with Gasteiger partial charge in [-0.05, 0) is 126 Å². The minimum atomic E-state index is -3.59. The number of carbonyl (C=O) groups is 2. The lowest BCUT2D eigenvalue weighted by molar-refractivity contribution is 0.0600. The fourth-order valence-electron chi connectivity index (χ4n) is 11.0. The number of benzene rings is 4. The van der Waals surface area contributed by atoms with Gasteiger partial charge in [0.15, 0.2) is 11.3 Å². The number of rotatable bonds is 13. The number of hydrogen-bond donors (Lipinski definition) is 3. The molecule has 464 valence electrons. The van der Waals surface area contributed by atoms with Gasteiger partial charge in [-0.1, -0.05) is 78.6 Å². The molecule has 4 fully saturated rings. The molecule has 4 aliphatic heterocycles. The van der Waals surface area contributed by atoms with E-state index in [1.54, 1.807) is 37.2 Å². The number of piperidine rings is 2. The van der Waals surface area contributed by atoms with Crippen LogP contribution < -0.4 is 29.1 Å². The normalized spacial score (nSPS) is 18.5. The first-order valence-corrected chi connectivity index (χ1v) is 33.1. The number of hydrogen-bond acceptors (Lipinski definition) is 14. The average Bonchev–Trinajstić information content (AvgIpc) is 2.32. The first kappa shape index (κ1) is 66.0. The molecule has 4 atom stereocenters. The van der Waals surface area contributed by atoms with E-state index in [1.165, 1.54) is 24.3 Å². The fourth-order valence-corrected chi connectivity index (χ4v) is 12.7. The maximum Gasteiger partial charge on any atom is 0.256 e. The lowest BCUT2D eigenvalue weighted by Crippen LogP contribution is -2.39. The van der Waals surface area contributed by atoms with Gasteiger partial charge in [0.25, 0.3) is 11.8 Å². The van der Waals surface area contributed by atoms with E-state index in [-0.39, 0.29) is 72.3 Å². The molecule has 12 rings (SSSR count). The maximum absolute atomic E-state index is 13.9. The maximum atomic E-state index is 13.9. The number of aryl methyl sites for hydroxylation is 2. The van der Waals surface area contributed by atoms with Crippen LogP contribution in [0.3, 0.4) is 0 Å². The fraction of sp³-hybridized carbons (Fsp3) is 0.377. The zero-order chi connectivity index (χ0) is 60.0. The van der Waals surface area contributed by atoms with Gasteiger partial charge in [-0.3, -0.25) is 19.0 Å². The zero-order valence-corrected chi connectivity index (χ0v) is 52.6. The van der Waals surface area contributed by atoms with Gasteiger partial charge in [-0.15, -0.1) is 12.4 Å². The third kappa shape index (κ3) is 16.8. The van der Waals surface area contributed by atoms with E-state index in [0.717, 1.165) is 124 Å². The quantitative estimate of drug-likeness (QED) is 0.0913. The van der Waals surface area contributed by atoms with Crippen molar-refractivity contribution in [3.05, 3.63) is 170 Å². The summed E-state index contributed by atoms with van der Waals surface area (Å²) in [5.74, 6) is 2.15. The molecular formula is C61H72Cl4N12O8S2. The van der Waals surface area contributed by atoms with Crippen LogP contribution >= 0.6 is 47.2 Å². The van der Waals surface area contributed by atoms with Gasteiger partial charge in [-0.2, -0.15) is 10.2 Å². The van der Waals surface area contributed by atoms with E-state index in [2.05, 4.69) is 29.7 Å². The predicted octanol–water partition coefficient (Wildman–Crippen LogP) is 11.7. The van der Waals surface area contributed by atoms with Crippen molar-refractivity contribution in [3.63, 3.8) is 0 Å². The van der Waals surface area contributed by atoms with Crippen molar-refractivity contribution in [3.8, 4) is 11.5 Å². The molecular weight excluding hydrogens is 1230 g/mol. The van der Waals surface area contributed by atoms with Crippen LogP contribution in [0.15, 0.2) is 122 Å². The van der Waals surface area contributed by atoms with Gasteiger partial charge in [0.05, 0.1) is 65.0 Å². The number of fused-ring (bicyclic) bond motifs is 2. The Morgan fingerprint density at radius 1 is 0.598 bits per heavy atom. The van der Waals surface area contributed by atoms with Gasteiger partial charge < -0.3 is 29.5 Å². The van der Waals surface area contributed by atoms with Crippen LogP contribution in [-0.4, -0.2) is 132 Å². The molecule has 8 aromatic rings. The Bertz CT molecular complexity index is 3890. The molecule has 4 aromatic heterocycles. The van der Waals surface area contributed by atoms with Crippen molar-refractivity contribution in [2.45, 2.75) is 96.9 Å². The molecule has 4 saturated heterocycles. The lowest BCUT2D eigenvalue weighted by atomic mass is 9.98. The number of nitrogens with one attached hydrogen (secondary N) is 3. The monoisotopic (exact) mass is 1300 g/mol. The highest BCUT2D eigenvalue weighted by atomic mass is 35.5. The van der Waals surface area contributed by atoms with Crippen LogP contribution in [0.1, 0.15) is 114 Å². The average molecular weight is 1310 g/mol. The number of sulfonamides is 2. The molecule has 2 amide bonds. The Balaban J connectivity index is 0.000000191. The van der Waals surface area contributed by atoms with Crippen molar-refractivity contribution >= 4 is 108 Å². The molecule has 0 bridgehead atoms. The largest absolute Gasteiger partial charge is 0.489 e. The second-order valence-corrected chi connectivity index (χ2v) is 26.4. The van der Waals surface area contributed by atoms with Crippen molar-refractivity contribution in [2.24, 2.45) is 0 Å². The van der Waals surface area contributed by atoms with Gasteiger partial charge in [-0.25, -0.2) is 35.8 Å². The van der Waals surface area contributed by atoms with Crippen molar-refractivity contribution in [2.75, 3.05) is 66.1 Å². The molecule has 87 heavy (non-hydrogen) atoms. The second kappa shape index (κ2) is 28.9. The number of ether oxygens (including phenoxy) is 2. The highest BCUT2D eigenvalue weighted by molar-refractivity contribution is 7.92. The summed E-state index contributed by atoms with van der Waals surface area (Å²) in [6.07, 6.45) is 13.4. The Morgan fingerprint density at radius 3 is 1.56 bits per heavy atom. The number of aromatic nitrogens is 6. The third-order valence-electron chi connectivity index (χ3n) is 15.0. The molecule has 2 unspecified atom stereocenters. The van der Waals surface area contributed by atoms with Crippen LogP contribution in [0, 0.1) is 13.8 Å². The van der Waals surface area contributed by atoms with Crippen LogP contribution in [-0.2, 0) is 20.0 Å². The molecule has 8 heterocycles. The Hall–Kier alpha value is -6.92. The number of halogens is 4. The molecule has 26 heteroatoms. The molecule has 0 aliphatic carbocycles. The number of amides is 2. The van der Waals surface area contributed by atoms with E-state index in [1.807, 2.05) is 92.8 Å². The molecule has 3 N–H and O–H groups in total. The van der Waals surface area contributed by atoms with Crippen molar-refractivity contribution in [1.82, 2.24) is 44.3 Å². The summed E-state index contributed by atoms with van der Waals surface area (Å²) in [7, 11) is -7.16. The van der Waals surface area contributed by atoms with Crippen LogP contribution in [0.25, 0.3) is 11.3 Å².